The van der Waals surface area contributed by atoms with Crippen molar-refractivity contribution in [2.45, 2.75) is 13.8 Å². The number of hydrogen-bond donors (Lipinski definition) is 1. The van der Waals surface area contributed by atoms with Crippen LogP contribution < -0.4 is 5.32 Å². The summed E-state index contributed by atoms with van der Waals surface area (Å²) in [7, 11) is 0. The third-order valence-corrected chi connectivity index (χ3v) is 1.92. The molecule has 0 aromatic heterocycles. The maximum atomic E-state index is 11.2. The summed E-state index contributed by atoms with van der Waals surface area (Å²) < 4.78 is 0. The summed E-state index contributed by atoms with van der Waals surface area (Å²) >= 11 is 0. The second-order valence-electron chi connectivity index (χ2n) is 3.19. The van der Waals surface area contributed by atoms with Gasteiger partial charge in [-0.3, -0.25) is 19.7 Å². The molecular formula is C10H10N2O4. The molecule has 84 valence electrons. The van der Waals surface area contributed by atoms with Crippen LogP contribution in [0.25, 0.3) is 0 Å². The first-order valence-corrected chi connectivity index (χ1v) is 4.49. The number of benzene rings is 1. The molecule has 0 unspecified atom stereocenters. The van der Waals surface area contributed by atoms with Gasteiger partial charge in [-0.05, 0) is 13.0 Å². The number of Topliss-reactive ketones (excluding diaryl/α,β-unsaturated/α-hetero) is 1. The lowest BCUT2D eigenvalue weighted by atomic mass is 10.1. The minimum Gasteiger partial charge on any atom is -0.320 e. The van der Waals surface area contributed by atoms with Crippen LogP contribution in [-0.4, -0.2) is 16.6 Å². The molecule has 0 saturated carbocycles. The monoisotopic (exact) mass is 222 g/mol. The van der Waals surface area contributed by atoms with E-state index in [0.29, 0.717) is 0 Å². The smallest absolute Gasteiger partial charge is 0.293 e. The Morgan fingerprint density at radius 3 is 2.38 bits per heavy atom. The van der Waals surface area contributed by atoms with Crippen molar-refractivity contribution >= 4 is 23.1 Å². The number of para-hydroxylation sites is 1. The highest BCUT2D eigenvalue weighted by Gasteiger charge is 2.20. The van der Waals surface area contributed by atoms with Gasteiger partial charge in [0.15, 0.2) is 5.78 Å². The van der Waals surface area contributed by atoms with Gasteiger partial charge >= 0.3 is 0 Å². The predicted octanol–water partition coefficient (Wildman–Crippen LogP) is 1.76. The molecule has 0 radical (unpaired) electrons. The molecule has 0 fully saturated rings. The van der Waals surface area contributed by atoms with Crippen molar-refractivity contribution in [3.63, 3.8) is 0 Å². The molecule has 1 aromatic carbocycles. The zero-order chi connectivity index (χ0) is 12.3. The van der Waals surface area contributed by atoms with E-state index in [1.165, 1.54) is 32.0 Å². The Labute approximate surface area is 91.4 Å². The Kier molecular flexibility index (Phi) is 3.34. The van der Waals surface area contributed by atoms with Crippen LogP contribution in [0, 0.1) is 10.1 Å². The van der Waals surface area contributed by atoms with Crippen LogP contribution in [0.2, 0.25) is 0 Å². The van der Waals surface area contributed by atoms with E-state index in [9.17, 15) is 19.7 Å². The number of nitro groups is 1. The standard InChI is InChI=1S/C10H10N2O4/c1-6(13)8-4-3-5-9(12(15)16)10(8)11-7(2)14/h3-5H,1-2H3,(H,11,14). The number of nitrogens with one attached hydrogen (secondary N) is 1. The molecule has 0 saturated heterocycles. The molecular weight excluding hydrogens is 212 g/mol. The molecule has 0 bridgehead atoms. The van der Waals surface area contributed by atoms with Crippen LogP contribution in [0.3, 0.4) is 0 Å². The number of ketones is 1. The molecule has 1 N–H and O–H groups in total. The lowest BCUT2D eigenvalue weighted by molar-refractivity contribution is -0.383. The number of nitro benzene ring substituents is 1. The maximum Gasteiger partial charge on any atom is 0.293 e. The summed E-state index contributed by atoms with van der Waals surface area (Å²) in [4.78, 5) is 32.2. The van der Waals surface area contributed by atoms with E-state index in [2.05, 4.69) is 5.32 Å². The molecule has 16 heavy (non-hydrogen) atoms. The zero-order valence-corrected chi connectivity index (χ0v) is 8.81. The Morgan fingerprint density at radius 2 is 1.94 bits per heavy atom. The number of carbonyl (C=O) groups is 2. The fourth-order valence-electron chi connectivity index (χ4n) is 1.29. The van der Waals surface area contributed by atoms with E-state index in [1.807, 2.05) is 0 Å². The van der Waals surface area contributed by atoms with Gasteiger partial charge in [-0.1, -0.05) is 6.07 Å². The van der Waals surface area contributed by atoms with E-state index in [4.69, 9.17) is 0 Å². The number of carbonyl (C=O) groups excluding carboxylic acids is 2. The summed E-state index contributed by atoms with van der Waals surface area (Å²) in [6, 6.07) is 4.07. The topological polar surface area (TPSA) is 89.3 Å². The lowest BCUT2D eigenvalue weighted by Crippen LogP contribution is -2.12. The first-order valence-electron chi connectivity index (χ1n) is 4.49. The summed E-state index contributed by atoms with van der Waals surface area (Å²) in [5.41, 5.74) is -0.209. The number of hydrogen-bond acceptors (Lipinski definition) is 4. The summed E-state index contributed by atoms with van der Waals surface area (Å²) in [6.07, 6.45) is 0. The number of amides is 1. The van der Waals surface area contributed by atoms with Gasteiger partial charge in [0.2, 0.25) is 5.91 Å². The molecule has 1 amide bonds. The van der Waals surface area contributed by atoms with Crippen molar-refractivity contribution < 1.29 is 14.5 Å². The lowest BCUT2D eigenvalue weighted by Gasteiger charge is -2.07. The minimum atomic E-state index is -0.641. The van der Waals surface area contributed by atoms with Crippen molar-refractivity contribution in [1.29, 1.82) is 0 Å². The van der Waals surface area contributed by atoms with Crippen LogP contribution in [0.4, 0.5) is 11.4 Å². The second kappa shape index (κ2) is 4.52. The summed E-state index contributed by atoms with van der Waals surface area (Å²) in [5, 5.41) is 13.0. The summed E-state index contributed by atoms with van der Waals surface area (Å²) in [5.74, 6) is -0.802. The number of nitrogens with zero attached hydrogens (tertiary/aromatic N) is 1. The van der Waals surface area contributed by atoms with Gasteiger partial charge in [0.05, 0.1) is 4.92 Å². The van der Waals surface area contributed by atoms with E-state index >= 15 is 0 Å². The van der Waals surface area contributed by atoms with Crippen LogP contribution in [-0.2, 0) is 4.79 Å². The van der Waals surface area contributed by atoms with E-state index < -0.39 is 10.8 Å². The quantitative estimate of drug-likeness (QED) is 0.479. The zero-order valence-electron chi connectivity index (χ0n) is 8.81. The highest BCUT2D eigenvalue weighted by Crippen LogP contribution is 2.28. The van der Waals surface area contributed by atoms with Crippen molar-refractivity contribution in [3.8, 4) is 0 Å². The van der Waals surface area contributed by atoms with Crippen LogP contribution >= 0.6 is 0 Å². The fourth-order valence-corrected chi connectivity index (χ4v) is 1.29. The largest absolute Gasteiger partial charge is 0.320 e. The highest BCUT2D eigenvalue weighted by atomic mass is 16.6. The molecule has 0 aliphatic rings. The summed E-state index contributed by atoms with van der Waals surface area (Å²) in [6.45, 7) is 2.50. The molecule has 0 aliphatic carbocycles. The van der Waals surface area contributed by atoms with Crippen molar-refractivity contribution in [3.05, 3.63) is 33.9 Å². The second-order valence-corrected chi connectivity index (χ2v) is 3.19. The Balaban J connectivity index is 3.40. The van der Waals surface area contributed by atoms with E-state index in [1.54, 1.807) is 0 Å². The average Bonchev–Trinajstić information content (AvgIpc) is 2.16. The highest BCUT2D eigenvalue weighted by molar-refractivity contribution is 6.05. The van der Waals surface area contributed by atoms with E-state index in [0.717, 1.165) is 0 Å². The van der Waals surface area contributed by atoms with Crippen molar-refractivity contribution in [2.24, 2.45) is 0 Å². The molecule has 6 heteroatoms. The minimum absolute atomic E-state index is 0.0486. The van der Waals surface area contributed by atoms with Gasteiger partial charge in [0, 0.05) is 18.6 Å². The fraction of sp³-hybridized carbons (Fsp3) is 0.200. The van der Waals surface area contributed by atoms with Gasteiger partial charge < -0.3 is 5.32 Å². The average molecular weight is 222 g/mol. The normalized spacial score (nSPS) is 9.62. The van der Waals surface area contributed by atoms with Crippen LogP contribution in [0.5, 0.6) is 0 Å². The number of rotatable bonds is 3. The molecule has 0 spiro atoms. The van der Waals surface area contributed by atoms with Crippen molar-refractivity contribution in [1.82, 2.24) is 0 Å². The molecule has 1 aromatic rings. The van der Waals surface area contributed by atoms with E-state index in [-0.39, 0.29) is 22.7 Å². The van der Waals surface area contributed by atoms with Gasteiger partial charge in [0.1, 0.15) is 5.69 Å². The molecule has 6 nitrogen and oxygen atoms in total. The van der Waals surface area contributed by atoms with Crippen LogP contribution in [0.1, 0.15) is 24.2 Å². The van der Waals surface area contributed by atoms with Gasteiger partial charge in [-0.15, -0.1) is 0 Å². The third kappa shape index (κ3) is 2.41. The predicted molar refractivity (Wildman–Crippen MR) is 57.4 cm³/mol. The van der Waals surface area contributed by atoms with Crippen molar-refractivity contribution in [2.75, 3.05) is 5.32 Å². The van der Waals surface area contributed by atoms with Gasteiger partial charge in [-0.2, -0.15) is 0 Å². The third-order valence-electron chi connectivity index (χ3n) is 1.92. The Bertz CT molecular complexity index is 436. The maximum absolute atomic E-state index is 11.2. The molecule has 0 aliphatic heterocycles. The first kappa shape index (κ1) is 11.8. The first-order chi connectivity index (χ1) is 7.43. The Hall–Kier alpha value is -2.24. The molecule has 0 atom stereocenters. The number of anilines is 1. The van der Waals surface area contributed by atoms with Gasteiger partial charge in [0.25, 0.3) is 5.69 Å². The SMILES string of the molecule is CC(=O)Nc1c(C(C)=O)cccc1[N+](=O)[O-]. The Morgan fingerprint density at radius 1 is 1.31 bits per heavy atom. The molecule has 0 heterocycles. The molecule has 1 rings (SSSR count). The van der Waals surface area contributed by atoms with Crippen LogP contribution in [0.15, 0.2) is 18.2 Å². The van der Waals surface area contributed by atoms with Gasteiger partial charge in [-0.25, -0.2) is 0 Å².